The summed E-state index contributed by atoms with van der Waals surface area (Å²) in [5, 5.41) is 0.716. The number of nitrogens with zero attached hydrogens (tertiary/aromatic N) is 1. The highest BCUT2D eigenvalue weighted by Gasteiger charge is 2.27. The number of aromatic nitrogens is 1. The van der Waals surface area contributed by atoms with Gasteiger partial charge in [0, 0.05) is 31.3 Å². The lowest BCUT2D eigenvalue weighted by Crippen LogP contribution is -2.29. The van der Waals surface area contributed by atoms with Crippen LogP contribution in [0, 0.1) is 5.92 Å². The van der Waals surface area contributed by atoms with Crippen molar-refractivity contribution in [1.29, 1.82) is 0 Å². The number of pyridine rings is 1. The molecule has 0 aliphatic heterocycles. The zero-order valence-electron chi connectivity index (χ0n) is 21.1. The summed E-state index contributed by atoms with van der Waals surface area (Å²) in [4.78, 5) is 17.4. The number of nitrogens with one attached hydrogen (secondary N) is 1. The number of nitrogen functional groups attached to an aromatic ring is 1. The predicted molar refractivity (Wildman–Crippen MR) is 141 cm³/mol. The number of hydrogen-bond acceptors (Lipinski definition) is 6. The van der Waals surface area contributed by atoms with Crippen molar-refractivity contribution in [3.63, 3.8) is 0 Å². The van der Waals surface area contributed by atoms with E-state index < -0.39 is 18.8 Å². The van der Waals surface area contributed by atoms with E-state index in [0.29, 0.717) is 39.4 Å². The molecule has 1 atom stereocenters. The maximum absolute atomic E-state index is 13.1. The zero-order valence-corrected chi connectivity index (χ0v) is 22.6. The molecule has 4 N–H and O–H groups in total. The first-order chi connectivity index (χ1) is 18.2. The first-order valence-corrected chi connectivity index (χ1v) is 12.8. The number of anilines is 1. The number of carbonyl (C=O) groups excluding carboxylic acids is 1. The van der Waals surface area contributed by atoms with E-state index in [2.05, 4.69) is 9.72 Å². The molecule has 1 aromatic heterocycles. The Balaban J connectivity index is 0.00000420. The summed E-state index contributed by atoms with van der Waals surface area (Å²) in [6.07, 6.45) is 3.84. The number of ether oxygens (including phenoxy) is 3. The van der Waals surface area contributed by atoms with Crippen LogP contribution in [0.25, 0.3) is 0 Å². The molecule has 12 heteroatoms. The third-order valence-electron chi connectivity index (χ3n) is 6.07. The fourth-order valence-electron chi connectivity index (χ4n) is 3.78. The summed E-state index contributed by atoms with van der Waals surface area (Å²) in [6, 6.07) is 11.6. The van der Waals surface area contributed by atoms with Crippen molar-refractivity contribution in [3.8, 4) is 11.5 Å². The smallest absolute Gasteiger partial charge is 0.410 e. The monoisotopic (exact) mass is 583 g/mol. The van der Waals surface area contributed by atoms with Gasteiger partial charge in [-0.2, -0.15) is 8.78 Å². The van der Waals surface area contributed by atoms with Crippen molar-refractivity contribution in [1.82, 2.24) is 4.90 Å². The van der Waals surface area contributed by atoms with Crippen molar-refractivity contribution >= 4 is 35.0 Å². The molecule has 0 spiro atoms. The van der Waals surface area contributed by atoms with Crippen LogP contribution in [0.5, 0.6) is 11.5 Å². The molecule has 1 amide bonds. The van der Waals surface area contributed by atoms with Gasteiger partial charge in [0.2, 0.25) is 0 Å². The fourth-order valence-corrected chi connectivity index (χ4v) is 4.31. The molecular weight excluding hydrogens is 555 g/mol. The van der Waals surface area contributed by atoms with Gasteiger partial charge in [-0.1, -0.05) is 41.4 Å². The molecule has 0 saturated heterocycles. The third-order valence-corrected chi connectivity index (χ3v) is 6.74. The highest BCUT2D eigenvalue weighted by molar-refractivity contribution is 6.35. The average molecular weight is 584 g/mol. The number of hydrogen-bond donors (Lipinski definition) is 1. The number of carbonyl (C=O) groups is 1. The Hall–Kier alpha value is -3.34. The Bertz CT molecular complexity index is 1240. The number of nitrogens with two attached hydrogens (primary N) is 1. The Morgan fingerprint density at radius 1 is 1.10 bits per heavy atom. The maximum atomic E-state index is 13.1. The van der Waals surface area contributed by atoms with Crippen LogP contribution >= 0.6 is 23.2 Å². The summed E-state index contributed by atoms with van der Waals surface area (Å²) >= 11 is 12.8. The molecule has 1 saturated carbocycles. The van der Waals surface area contributed by atoms with E-state index in [1.54, 1.807) is 43.7 Å². The van der Waals surface area contributed by atoms with E-state index in [9.17, 15) is 13.6 Å². The summed E-state index contributed by atoms with van der Waals surface area (Å²) in [5.74, 6) is 0.428. The largest absolute Gasteiger partial charge is 0.870 e. The van der Waals surface area contributed by atoms with Gasteiger partial charge >= 0.3 is 12.7 Å². The Morgan fingerprint density at radius 3 is 2.38 bits per heavy atom. The summed E-state index contributed by atoms with van der Waals surface area (Å²) < 4.78 is 42.4. The SMILES string of the molecule is CN(Cc1ccc(N)cc1)C(=O)O[C@@H](Cc1c(Cl)c[nH+]cc1Cl)c1ccc(OC(F)F)c(OCC2CC2)c1.[OH-]. The number of amides is 1. The van der Waals surface area contributed by atoms with E-state index in [1.165, 1.54) is 11.0 Å². The van der Waals surface area contributed by atoms with Crippen LogP contribution in [0.15, 0.2) is 54.9 Å². The minimum Gasteiger partial charge on any atom is -0.870 e. The molecule has 1 heterocycles. The van der Waals surface area contributed by atoms with E-state index in [4.69, 9.17) is 38.4 Å². The summed E-state index contributed by atoms with van der Waals surface area (Å²) in [5.41, 5.74) is 8.29. The van der Waals surface area contributed by atoms with Gasteiger partial charge in [0.1, 0.15) is 16.1 Å². The highest BCUT2D eigenvalue weighted by atomic mass is 35.5. The molecule has 210 valence electrons. The molecule has 0 bridgehead atoms. The van der Waals surface area contributed by atoms with Crippen LogP contribution in [0.2, 0.25) is 10.0 Å². The molecule has 1 aliphatic rings. The Morgan fingerprint density at radius 2 is 1.77 bits per heavy atom. The van der Waals surface area contributed by atoms with Crippen LogP contribution in [0.4, 0.5) is 19.3 Å². The van der Waals surface area contributed by atoms with Crippen LogP contribution in [0.1, 0.15) is 35.6 Å². The van der Waals surface area contributed by atoms with Crippen LogP contribution in [0.3, 0.4) is 0 Å². The minimum atomic E-state index is -3.02. The van der Waals surface area contributed by atoms with E-state index in [0.717, 1.165) is 18.4 Å². The van der Waals surface area contributed by atoms with Gasteiger partial charge in [-0.3, -0.25) is 0 Å². The first kappa shape index (κ1) is 30.2. The van der Waals surface area contributed by atoms with Crippen molar-refractivity contribution < 1.29 is 38.2 Å². The van der Waals surface area contributed by atoms with Gasteiger partial charge < -0.3 is 30.3 Å². The second kappa shape index (κ2) is 13.6. The van der Waals surface area contributed by atoms with Crippen molar-refractivity contribution in [2.45, 2.75) is 38.5 Å². The minimum absolute atomic E-state index is 0. The number of rotatable bonds is 11. The molecule has 0 unspecified atom stereocenters. The molecular formula is C27H29Cl2F2N3O5. The lowest BCUT2D eigenvalue weighted by Gasteiger charge is -2.24. The quantitative estimate of drug-likeness (QED) is 0.270. The maximum Gasteiger partial charge on any atom is 0.410 e. The number of alkyl halides is 2. The molecule has 1 fully saturated rings. The van der Waals surface area contributed by atoms with Gasteiger partial charge in [-0.05, 0) is 54.2 Å². The Labute approximate surface area is 234 Å². The predicted octanol–water partition coefficient (Wildman–Crippen LogP) is 6.16. The molecule has 1 aliphatic carbocycles. The average Bonchev–Trinajstić information content (AvgIpc) is 3.70. The van der Waals surface area contributed by atoms with Gasteiger partial charge in [0.25, 0.3) is 0 Å². The Kier molecular flexibility index (Phi) is 10.6. The van der Waals surface area contributed by atoms with Gasteiger partial charge in [-0.25, -0.2) is 9.78 Å². The van der Waals surface area contributed by atoms with Crippen LogP contribution in [-0.4, -0.2) is 36.7 Å². The van der Waals surface area contributed by atoms with Crippen molar-refractivity contribution in [2.24, 2.45) is 5.92 Å². The van der Waals surface area contributed by atoms with E-state index in [1.807, 2.05) is 12.1 Å². The standard InChI is InChI=1S/C27H27Cl2F2N3O4.H2O/c1-34(14-16-4-7-19(32)8-5-16)27(35)38-24(11-20-21(28)12-33-13-22(20)29)18-6-9-23(37-26(30)31)25(10-18)36-15-17-2-3-17;/h4-10,12-13,17,24,26H,2-3,11,14-15,32H2,1H3;1H2/t24-;/m0./s1. The van der Waals surface area contributed by atoms with E-state index in [-0.39, 0.29) is 29.9 Å². The van der Waals surface area contributed by atoms with Crippen molar-refractivity contribution in [3.05, 3.63) is 81.6 Å². The lowest BCUT2D eigenvalue weighted by atomic mass is 10.0. The second-order valence-corrected chi connectivity index (χ2v) is 9.96. The first-order valence-electron chi connectivity index (χ1n) is 12.0. The topological polar surface area (TPSA) is 118 Å². The molecule has 3 aromatic rings. The van der Waals surface area contributed by atoms with Crippen LogP contribution in [-0.2, 0) is 17.7 Å². The molecule has 0 radical (unpaired) electrons. The highest BCUT2D eigenvalue weighted by Crippen LogP contribution is 2.38. The van der Waals surface area contributed by atoms with E-state index >= 15 is 0 Å². The summed E-state index contributed by atoms with van der Waals surface area (Å²) in [6.45, 7) is -2.35. The van der Waals surface area contributed by atoms with Gasteiger partial charge in [0.15, 0.2) is 23.9 Å². The lowest BCUT2D eigenvalue weighted by molar-refractivity contribution is -0.377. The van der Waals surface area contributed by atoms with Crippen LogP contribution < -0.4 is 20.2 Å². The number of aromatic amines is 1. The molecule has 39 heavy (non-hydrogen) atoms. The summed E-state index contributed by atoms with van der Waals surface area (Å²) in [7, 11) is 1.61. The van der Waals surface area contributed by atoms with Gasteiger partial charge in [0.05, 0.1) is 6.61 Å². The number of halogens is 4. The number of H-pyrrole nitrogens is 1. The molecule has 8 nitrogen and oxygen atoms in total. The molecule has 2 aromatic carbocycles. The normalized spacial score (nSPS) is 13.4. The fraction of sp³-hybridized carbons (Fsp3) is 0.333. The molecule has 4 rings (SSSR count). The second-order valence-electron chi connectivity index (χ2n) is 9.14. The number of benzene rings is 2. The van der Waals surface area contributed by atoms with Gasteiger partial charge in [-0.15, -0.1) is 0 Å². The van der Waals surface area contributed by atoms with Crippen molar-refractivity contribution in [2.75, 3.05) is 19.4 Å². The third kappa shape index (κ3) is 8.58. The zero-order chi connectivity index (χ0) is 27.2.